The van der Waals surface area contributed by atoms with Gasteiger partial charge < -0.3 is 15.4 Å². The van der Waals surface area contributed by atoms with Gasteiger partial charge in [-0.2, -0.15) is 0 Å². The highest BCUT2D eigenvalue weighted by Gasteiger charge is 2.07. The van der Waals surface area contributed by atoms with Gasteiger partial charge in [-0.25, -0.2) is 0 Å². The Bertz CT molecular complexity index is 763. The average molecular weight is 388 g/mol. The third-order valence-electron chi connectivity index (χ3n) is 3.94. The van der Waals surface area contributed by atoms with Gasteiger partial charge in [0, 0.05) is 36.3 Å². The topological polar surface area (TPSA) is 62.7 Å². The number of nitrogens with one attached hydrogen (secondary N) is 2. The fraction of sp³-hybridized carbons (Fsp3) is 0.381. The SMILES string of the molecule is CCCOc1cc(C)ccc1CNC(=NC)NCCS(=O)c1ccccc1. The molecular formula is C21H29N3O2S. The first-order chi connectivity index (χ1) is 13.1. The first-order valence-corrected chi connectivity index (χ1v) is 10.6. The zero-order valence-electron chi connectivity index (χ0n) is 16.3. The number of hydrogen-bond acceptors (Lipinski definition) is 3. The Hall–Kier alpha value is -2.34. The molecule has 0 saturated carbocycles. The molecule has 0 spiro atoms. The lowest BCUT2D eigenvalue weighted by molar-refractivity contribution is 0.313. The van der Waals surface area contributed by atoms with Crippen molar-refractivity contribution >= 4 is 16.8 Å². The van der Waals surface area contributed by atoms with Crippen LogP contribution < -0.4 is 15.4 Å². The zero-order chi connectivity index (χ0) is 19.5. The van der Waals surface area contributed by atoms with Gasteiger partial charge in [-0.3, -0.25) is 9.20 Å². The Kier molecular flexibility index (Phi) is 8.84. The lowest BCUT2D eigenvalue weighted by atomic mass is 10.1. The lowest BCUT2D eigenvalue weighted by Gasteiger charge is -2.15. The Morgan fingerprint density at radius 3 is 2.63 bits per heavy atom. The van der Waals surface area contributed by atoms with Crippen molar-refractivity contribution in [2.45, 2.75) is 31.7 Å². The Labute approximate surface area is 164 Å². The van der Waals surface area contributed by atoms with E-state index in [1.807, 2.05) is 30.3 Å². The van der Waals surface area contributed by atoms with E-state index in [4.69, 9.17) is 4.74 Å². The molecule has 0 saturated heterocycles. The predicted octanol–water partition coefficient (Wildman–Crippen LogP) is 3.26. The number of nitrogens with zero attached hydrogens (tertiary/aromatic N) is 1. The summed E-state index contributed by atoms with van der Waals surface area (Å²) in [6.45, 7) is 6.05. The molecule has 2 aromatic rings. The van der Waals surface area contributed by atoms with Crippen molar-refractivity contribution in [2.75, 3.05) is 26.0 Å². The molecule has 0 amide bonds. The monoisotopic (exact) mass is 387 g/mol. The number of hydrogen-bond donors (Lipinski definition) is 2. The Balaban J connectivity index is 1.84. The van der Waals surface area contributed by atoms with Crippen molar-refractivity contribution in [3.05, 3.63) is 59.7 Å². The summed E-state index contributed by atoms with van der Waals surface area (Å²) < 4.78 is 18.1. The molecule has 0 heterocycles. The van der Waals surface area contributed by atoms with Crippen molar-refractivity contribution in [1.29, 1.82) is 0 Å². The molecule has 2 N–H and O–H groups in total. The summed E-state index contributed by atoms with van der Waals surface area (Å²) in [5.41, 5.74) is 2.26. The zero-order valence-corrected chi connectivity index (χ0v) is 17.1. The molecule has 6 heteroatoms. The predicted molar refractivity (Wildman–Crippen MR) is 113 cm³/mol. The first-order valence-electron chi connectivity index (χ1n) is 9.24. The normalized spacial score (nSPS) is 12.5. The van der Waals surface area contributed by atoms with Gasteiger partial charge in [0.05, 0.1) is 17.4 Å². The van der Waals surface area contributed by atoms with Gasteiger partial charge in [-0.15, -0.1) is 0 Å². The van der Waals surface area contributed by atoms with E-state index in [2.05, 4.69) is 47.7 Å². The smallest absolute Gasteiger partial charge is 0.191 e. The van der Waals surface area contributed by atoms with Gasteiger partial charge in [-0.05, 0) is 37.1 Å². The molecule has 0 aliphatic rings. The molecule has 0 radical (unpaired) electrons. The molecule has 0 bridgehead atoms. The van der Waals surface area contributed by atoms with Gasteiger partial charge in [0.2, 0.25) is 0 Å². The van der Waals surface area contributed by atoms with Crippen molar-refractivity contribution < 1.29 is 8.95 Å². The molecule has 5 nitrogen and oxygen atoms in total. The summed E-state index contributed by atoms with van der Waals surface area (Å²) in [5.74, 6) is 2.12. The Morgan fingerprint density at radius 1 is 1.15 bits per heavy atom. The van der Waals surface area contributed by atoms with Gasteiger partial charge in [0.25, 0.3) is 0 Å². The van der Waals surface area contributed by atoms with E-state index in [9.17, 15) is 4.21 Å². The van der Waals surface area contributed by atoms with Crippen LogP contribution in [0.5, 0.6) is 5.75 Å². The van der Waals surface area contributed by atoms with E-state index in [1.165, 1.54) is 5.56 Å². The van der Waals surface area contributed by atoms with Gasteiger partial charge in [-0.1, -0.05) is 37.3 Å². The highest BCUT2D eigenvalue weighted by Crippen LogP contribution is 2.20. The molecule has 27 heavy (non-hydrogen) atoms. The summed E-state index contributed by atoms with van der Waals surface area (Å²) >= 11 is 0. The maximum absolute atomic E-state index is 12.3. The standard InChI is InChI=1S/C21H29N3O2S/c1-4-13-26-20-15-17(2)10-11-18(20)16-24-21(22-3)23-12-14-27(25)19-8-6-5-7-9-19/h5-11,15H,4,12-14,16H2,1-3H3,(H2,22,23,24). The number of guanidine groups is 1. The van der Waals surface area contributed by atoms with Crippen LogP contribution in [-0.2, 0) is 17.3 Å². The summed E-state index contributed by atoms with van der Waals surface area (Å²) in [6, 6.07) is 15.7. The van der Waals surface area contributed by atoms with Crippen molar-refractivity contribution in [3.8, 4) is 5.75 Å². The minimum atomic E-state index is -1.02. The van der Waals surface area contributed by atoms with Crippen LogP contribution in [0.1, 0.15) is 24.5 Å². The third-order valence-corrected chi connectivity index (χ3v) is 5.31. The van der Waals surface area contributed by atoms with E-state index in [0.717, 1.165) is 22.6 Å². The molecule has 1 atom stereocenters. The van der Waals surface area contributed by atoms with Crippen molar-refractivity contribution in [2.24, 2.45) is 4.99 Å². The van der Waals surface area contributed by atoms with E-state index < -0.39 is 10.8 Å². The van der Waals surface area contributed by atoms with E-state index in [1.54, 1.807) is 7.05 Å². The van der Waals surface area contributed by atoms with Crippen LogP contribution in [-0.4, -0.2) is 36.1 Å². The molecule has 1 unspecified atom stereocenters. The van der Waals surface area contributed by atoms with Crippen molar-refractivity contribution in [3.63, 3.8) is 0 Å². The first kappa shape index (κ1) is 21.0. The van der Waals surface area contributed by atoms with Crippen LogP contribution in [0.3, 0.4) is 0 Å². The van der Waals surface area contributed by atoms with Crippen LogP contribution in [0.2, 0.25) is 0 Å². The molecule has 0 aliphatic heterocycles. The molecule has 2 rings (SSSR count). The number of aliphatic imine (C=N–C) groups is 1. The number of ether oxygens (including phenoxy) is 1. The highest BCUT2D eigenvalue weighted by molar-refractivity contribution is 7.85. The van der Waals surface area contributed by atoms with Crippen LogP contribution in [0.4, 0.5) is 0 Å². The van der Waals surface area contributed by atoms with E-state index in [-0.39, 0.29) is 0 Å². The summed E-state index contributed by atoms with van der Waals surface area (Å²) in [5, 5.41) is 6.51. The minimum Gasteiger partial charge on any atom is -0.493 e. The fourth-order valence-corrected chi connectivity index (χ4v) is 3.49. The second kappa shape index (κ2) is 11.4. The minimum absolute atomic E-state index is 0.528. The second-order valence-electron chi connectivity index (χ2n) is 6.17. The summed E-state index contributed by atoms with van der Waals surface area (Å²) in [6.07, 6.45) is 0.975. The molecule has 0 aliphatic carbocycles. The summed E-state index contributed by atoms with van der Waals surface area (Å²) in [7, 11) is 0.712. The van der Waals surface area contributed by atoms with E-state index in [0.29, 0.717) is 31.4 Å². The molecule has 2 aromatic carbocycles. The number of benzene rings is 2. The van der Waals surface area contributed by atoms with Crippen LogP contribution in [0.15, 0.2) is 58.4 Å². The average Bonchev–Trinajstić information content (AvgIpc) is 2.70. The molecule has 0 fully saturated rings. The van der Waals surface area contributed by atoms with Gasteiger partial charge >= 0.3 is 0 Å². The maximum Gasteiger partial charge on any atom is 0.191 e. The molecule has 146 valence electrons. The lowest BCUT2D eigenvalue weighted by Crippen LogP contribution is -2.38. The van der Waals surface area contributed by atoms with E-state index >= 15 is 0 Å². The summed E-state index contributed by atoms with van der Waals surface area (Å²) in [4.78, 5) is 5.08. The number of aryl methyl sites for hydroxylation is 1. The van der Waals surface area contributed by atoms with Crippen LogP contribution >= 0.6 is 0 Å². The molecular weight excluding hydrogens is 358 g/mol. The largest absolute Gasteiger partial charge is 0.493 e. The second-order valence-corrected chi connectivity index (χ2v) is 7.75. The highest BCUT2D eigenvalue weighted by atomic mass is 32.2. The van der Waals surface area contributed by atoms with Crippen molar-refractivity contribution in [1.82, 2.24) is 10.6 Å². The quantitative estimate of drug-likeness (QED) is 0.512. The van der Waals surface area contributed by atoms with Gasteiger partial charge in [0.15, 0.2) is 5.96 Å². The maximum atomic E-state index is 12.3. The molecule has 0 aromatic heterocycles. The number of rotatable bonds is 9. The Morgan fingerprint density at radius 2 is 1.93 bits per heavy atom. The van der Waals surface area contributed by atoms with Crippen LogP contribution in [0.25, 0.3) is 0 Å². The fourth-order valence-electron chi connectivity index (χ4n) is 2.51. The van der Waals surface area contributed by atoms with Crippen LogP contribution in [0, 0.1) is 6.92 Å². The third kappa shape index (κ3) is 7.06. The van der Waals surface area contributed by atoms with Gasteiger partial charge in [0.1, 0.15) is 5.75 Å².